The number of para-hydroxylation sites is 1. The summed E-state index contributed by atoms with van der Waals surface area (Å²) in [7, 11) is 0. The van der Waals surface area contributed by atoms with Crippen molar-refractivity contribution in [3.8, 4) is 5.75 Å². The second-order valence-corrected chi connectivity index (χ2v) is 11.8. The molecule has 2 aromatic carbocycles. The van der Waals surface area contributed by atoms with Crippen molar-refractivity contribution in [2.75, 3.05) is 50.1 Å². The molecule has 0 atom stereocenters. The average Bonchev–Trinajstić information content (AvgIpc) is 3.35. The summed E-state index contributed by atoms with van der Waals surface area (Å²) >= 11 is 0. The highest BCUT2D eigenvalue weighted by Gasteiger charge is 2.20. The van der Waals surface area contributed by atoms with E-state index in [-0.39, 0.29) is 5.75 Å². The summed E-state index contributed by atoms with van der Waals surface area (Å²) in [6.45, 7) is 10.2. The van der Waals surface area contributed by atoms with E-state index in [9.17, 15) is 4.39 Å². The summed E-state index contributed by atoms with van der Waals surface area (Å²) < 4.78 is 28.2. The van der Waals surface area contributed by atoms with Crippen LogP contribution in [0.3, 0.4) is 0 Å². The molecule has 0 saturated carbocycles. The zero-order valence-corrected chi connectivity index (χ0v) is 25.2. The molecule has 9 nitrogen and oxygen atoms in total. The first-order valence-corrected chi connectivity index (χ1v) is 15.6. The van der Waals surface area contributed by atoms with Gasteiger partial charge in [-0.3, -0.25) is 0 Å². The number of likely N-dealkylation sites (tertiary alicyclic amines) is 1. The topological polar surface area (TPSA) is 89.4 Å². The molecular formula is C33H42FN7O2. The molecule has 0 unspecified atom stereocenters. The summed E-state index contributed by atoms with van der Waals surface area (Å²) in [5.41, 5.74) is 4.60. The van der Waals surface area contributed by atoms with Crippen LogP contribution < -0.4 is 15.4 Å². The predicted octanol–water partition coefficient (Wildman–Crippen LogP) is 6.75. The van der Waals surface area contributed by atoms with Gasteiger partial charge in [-0.25, -0.2) is 14.1 Å². The van der Waals surface area contributed by atoms with Gasteiger partial charge in [0.25, 0.3) is 0 Å². The van der Waals surface area contributed by atoms with Gasteiger partial charge in [0.05, 0.1) is 12.0 Å². The van der Waals surface area contributed by atoms with Gasteiger partial charge in [0.2, 0.25) is 5.95 Å². The monoisotopic (exact) mass is 587 g/mol. The summed E-state index contributed by atoms with van der Waals surface area (Å²) in [6, 6.07) is 11.1. The normalized spacial score (nSPS) is 16.4. The highest BCUT2D eigenvalue weighted by molar-refractivity contribution is 5.90. The molecule has 2 aliphatic rings. The lowest BCUT2D eigenvalue weighted by atomic mass is 10.0. The Hall–Kier alpha value is -3.76. The Balaban J connectivity index is 1.17. The molecule has 2 N–H and O–H groups in total. The van der Waals surface area contributed by atoms with E-state index in [0.29, 0.717) is 24.2 Å². The van der Waals surface area contributed by atoms with Gasteiger partial charge in [-0.15, -0.1) is 0 Å². The smallest absolute Gasteiger partial charge is 0.229 e. The number of anilines is 4. The molecule has 2 saturated heterocycles. The number of fused-ring (bicyclic) bond motifs is 1. The van der Waals surface area contributed by atoms with E-state index >= 15 is 0 Å². The summed E-state index contributed by atoms with van der Waals surface area (Å²) in [6.07, 6.45) is 8.50. The lowest BCUT2D eigenvalue weighted by Gasteiger charge is -2.26. The first-order chi connectivity index (χ1) is 21.0. The van der Waals surface area contributed by atoms with Crippen LogP contribution in [0.15, 0.2) is 42.6 Å². The second kappa shape index (κ2) is 13.7. The number of halogens is 1. The van der Waals surface area contributed by atoms with E-state index in [1.54, 1.807) is 18.3 Å². The van der Waals surface area contributed by atoms with Crippen molar-refractivity contribution in [1.29, 1.82) is 0 Å². The molecule has 43 heavy (non-hydrogen) atoms. The van der Waals surface area contributed by atoms with Crippen LogP contribution in [-0.4, -0.2) is 64.1 Å². The highest BCUT2D eigenvalue weighted by atomic mass is 19.1. The number of aromatic nitrogens is 4. The van der Waals surface area contributed by atoms with Crippen LogP contribution in [0.2, 0.25) is 0 Å². The van der Waals surface area contributed by atoms with E-state index in [4.69, 9.17) is 19.6 Å². The molecule has 10 heteroatoms. The van der Waals surface area contributed by atoms with E-state index in [0.717, 1.165) is 92.3 Å². The first-order valence-electron chi connectivity index (χ1n) is 15.6. The van der Waals surface area contributed by atoms with Crippen LogP contribution in [-0.2, 0) is 11.3 Å². The maximum atomic E-state index is 14.9. The lowest BCUT2D eigenvalue weighted by molar-refractivity contribution is 0.0605. The number of rotatable bonds is 11. The molecule has 4 aromatic rings. The molecule has 4 heterocycles. The molecule has 0 radical (unpaired) electrons. The minimum atomic E-state index is -0.409. The van der Waals surface area contributed by atoms with Gasteiger partial charge >= 0.3 is 0 Å². The van der Waals surface area contributed by atoms with E-state index in [1.165, 1.54) is 25.3 Å². The molecule has 2 aliphatic heterocycles. The largest absolute Gasteiger partial charge is 0.490 e. The number of hydrogen-bond acceptors (Lipinski definition) is 8. The number of piperidine rings is 1. The molecule has 2 aromatic heterocycles. The van der Waals surface area contributed by atoms with Crippen molar-refractivity contribution in [2.24, 2.45) is 5.92 Å². The van der Waals surface area contributed by atoms with Crippen molar-refractivity contribution in [2.45, 2.75) is 58.9 Å². The number of aryl methyl sites for hydroxylation is 2. The molecule has 0 spiro atoms. The Bertz CT molecular complexity index is 1510. The van der Waals surface area contributed by atoms with Crippen molar-refractivity contribution >= 4 is 34.2 Å². The third-order valence-corrected chi connectivity index (χ3v) is 8.50. The van der Waals surface area contributed by atoms with Gasteiger partial charge in [0.1, 0.15) is 0 Å². The number of ether oxygens (including phenoxy) is 2. The Morgan fingerprint density at radius 3 is 2.58 bits per heavy atom. The minimum absolute atomic E-state index is 0.261. The SMILES string of the molecule is Cc1cccc(C)c1Nc1nn(CC2CCOCC2)c2nc(Nc3ccc(OCCCN4CCCCC4)c(F)c3)ncc12. The van der Waals surface area contributed by atoms with Gasteiger partial charge in [0, 0.05) is 49.9 Å². The third-order valence-electron chi connectivity index (χ3n) is 8.50. The lowest BCUT2D eigenvalue weighted by Crippen LogP contribution is -2.31. The van der Waals surface area contributed by atoms with Crippen LogP contribution in [0.1, 0.15) is 49.7 Å². The third kappa shape index (κ3) is 7.25. The Kier molecular flexibility index (Phi) is 9.33. The maximum Gasteiger partial charge on any atom is 0.229 e. The fraction of sp³-hybridized carbons (Fsp3) is 0.485. The second-order valence-electron chi connectivity index (χ2n) is 11.8. The standard InChI is InChI=1S/C33H42FN7O2/c1-23-8-6-9-24(2)30(23)37-31-27-21-35-33(38-32(27)41(39-31)22-25-12-18-42-19-13-25)36-26-10-11-29(28(34)20-26)43-17-7-16-40-14-4-3-5-15-40/h6,8-11,20-21,25H,3-5,7,12-19,22H2,1-2H3,(H,37,39)(H,35,36,38). The first kappa shape index (κ1) is 29.3. The molecule has 6 rings (SSSR count). The molecule has 2 fully saturated rings. The van der Waals surface area contributed by atoms with Crippen molar-refractivity contribution < 1.29 is 13.9 Å². The Labute approximate surface area is 252 Å². The average molecular weight is 588 g/mol. The Morgan fingerprint density at radius 1 is 1.02 bits per heavy atom. The van der Waals surface area contributed by atoms with Crippen LogP contribution >= 0.6 is 0 Å². The highest BCUT2D eigenvalue weighted by Crippen LogP contribution is 2.31. The molecule has 0 aliphatic carbocycles. The number of hydrogen-bond donors (Lipinski definition) is 2. The van der Waals surface area contributed by atoms with Crippen LogP contribution in [0, 0.1) is 25.6 Å². The van der Waals surface area contributed by atoms with Gasteiger partial charge in [-0.05, 0) is 88.2 Å². The van der Waals surface area contributed by atoms with Crippen molar-refractivity contribution in [3.63, 3.8) is 0 Å². The van der Waals surface area contributed by atoms with Gasteiger partial charge in [0.15, 0.2) is 23.0 Å². The van der Waals surface area contributed by atoms with Gasteiger partial charge in [-0.2, -0.15) is 10.1 Å². The van der Waals surface area contributed by atoms with Crippen molar-refractivity contribution in [3.05, 3.63) is 59.5 Å². The van der Waals surface area contributed by atoms with Gasteiger partial charge in [-0.1, -0.05) is 24.6 Å². The summed E-state index contributed by atoms with van der Waals surface area (Å²) in [5.74, 6) is 1.41. The van der Waals surface area contributed by atoms with Crippen LogP contribution in [0.5, 0.6) is 5.75 Å². The van der Waals surface area contributed by atoms with Gasteiger partial charge < -0.3 is 25.0 Å². The van der Waals surface area contributed by atoms with E-state index in [1.807, 2.05) is 4.68 Å². The molecule has 228 valence electrons. The number of benzene rings is 2. The molecule has 0 amide bonds. The minimum Gasteiger partial charge on any atom is -0.490 e. The fourth-order valence-electron chi connectivity index (χ4n) is 6.02. The maximum absolute atomic E-state index is 14.9. The van der Waals surface area contributed by atoms with Crippen molar-refractivity contribution in [1.82, 2.24) is 24.6 Å². The zero-order chi connectivity index (χ0) is 29.6. The summed E-state index contributed by atoms with van der Waals surface area (Å²) in [5, 5.41) is 12.5. The fourth-order valence-corrected chi connectivity index (χ4v) is 6.02. The van der Waals surface area contributed by atoms with E-state index in [2.05, 4.69) is 52.6 Å². The number of nitrogens with zero attached hydrogens (tertiary/aromatic N) is 5. The quantitative estimate of drug-likeness (QED) is 0.186. The zero-order valence-electron chi connectivity index (χ0n) is 25.2. The predicted molar refractivity (Wildman–Crippen MR) is 168 cm³/mol. The van der Waals surface area contributed by atoms with E-state index < -0.39 is 5.82 Å². The number of nitrogens with one attached hydrogen (secondary N) is 2. The Morgan fingerprint density at radius 2 is 1.81 bits per heavy atom. The van der Waals surface area contributed by atoms with Crippen LogP contribution in [0.25, 0.3) is 11.0 Å². The van der Waals surface area contributed by atoms with Crippen LogP contribution in [0.4, 0.5) is 27.5 Å². The molecular weight excluding hydrogens is 545 g/mol. The summed E-state index contributed by atoms with van der Waals surface area (Å²) in [4.78, 5) is 11.9. The molecule has 0 bridgehead atoms.